The van der Waals surface area contributed by atoms with Crippen LogP contribution >= 0.6 is 0 Å². The highest BCUT2D eigenvalue weighted by Gasteiger charge is 2.69. The Hall–Kier alpha value is -2.85. The van der Waals surface area contributed by atoms with E-state index in [0.717, 1.165) is 5.56 Å². The summed E-state index contributed by atoms with van der Waals surface area (Å²) in [6, 6.07) is 15.4. The lowest BCUT2D eigenvalue weighted by molar-refractivity contribution is -0.102. The van der Waals surface area contributed by atoms with E-state index in [1.807, 2.05) is 6.92 Å². The minimum atomic E-state index is -3.80. The van der Waals surface area contributed by atoms with Crippen molar-refractivity contribution in [2.45, 2.75) is 36.6 Å². The molecule has 0 heterocycles. The Labute approximate surface area is 158 Å². The molecule has 3 aliphatic carbocycles. The smallest absolute Gasteiger partial charge is 0.261 e. The minimum Gasteiger partial charge on any atom is -0.346 e. The lowest BCUT2D eigenvalue weighted by Crippen LogP contribution is -2.74. The van der Waals surface area contributed by atoms with Crippen molar-refractivity contribution in [3.05, 3.63) is 59.7 Å². The van der Waals surface area contributed by atoms with E-state index in [-0.39, 0.29) is 33.0 Å². The SMILES string of the molecule is Cc1ccc(C(=O)NC23CC(C#N)(C2)C3)c(NS(=O)(=O)c2ccccc2)c1. The molecule has 0 radical (unpaired) electrons. The van der Waals surface area contributed by atoms with Crippen molar-refractivity contribution in [1.82, 2.24) is 5.32 Å². The van der Waals surface area contributed by atoms with Crippen LogP contribution in [0.5, 0.6) is 0 Å². The zero-order valence-electron chi connectivity index (χ0n) is 14.8. The Morgan fingerprint density at radius 3 is 2.41 bits per heavy atom. The first-order chi connectivity index (χ1) is 12.8. The number of rotatable bonds is 5. The summed E-state index contributed by atoms with van der Waals surface area (Å²) in [5, 5.41) is 12.1. The number of carbonyl (C=O) groups excluding carboxylic acids is 1. The van der Waals surface area contributed by atoms with Crippen molar-refractivity contribution < 1.29 is 13.2 Å². The Morgan fingerprint density at radius 2 is 1.78 bits per heavy atom. The molecule has 2 bridgehead atoms. The van der Waals surface area contributed by atoms with Crippen LogP contribution in [0.15, 0.2) is 53.4 Å². The molecule has 2 aromatic rings. The molecule has 0 aliphatic heterocycles. The summed E-state index contributed by atoms with van der Waals surface area (Å²) in [6.45, 7) is 1.83. The van der Waals surface area contributed by atoms with Gasteiger partial charge in [0, 0.05) is 5.54 Å². The van der Waals surface area contributed by atoms with Gasteiger partial charge in [-0.1, -0.05) is 24.3 Å². The quantitative estimate of drug-likeness (QED) is 0.832. The van der Waals surface area contributed by atoms with Crippen LogP contribution < -0.4 is 10.0 Å². The molecule has 3 aliphatic rings. The molecule has 5 rings (SSSR count). The van der Waals surface area contributed by atoms with Gasteiger partial charge in [-0.15, -0.1) is 0 Å². The van der Waals surface area contributed by atoms with Crippen molar-refractivity contribution in [2.24, 2.45) is 5.41 Å². The molecule has 2 N–H and O–H groups in total. The van der Waals surface area contributed by atoms with Gasteiger partial charge >= 0.3 is 0 Å². The molecule has 0 spiro atoms. The molecule has 0 atom stereocenters. The van der Waals surface area contributed by atoms with Crippen LogP contribution in [0.4, 0.5) is 5.69 Å². The van der Waals surface area contributed by atoms with E-state index in [0.29, 0.717) is 19.3 Å². The number of anilines is 1. The third kappa shape index (κ3) is 2.96. The van der Waals surface area contributed by atoms with Gasteiger partial charge < -0.3 is 5.32 Å². The third-order valence-electron chi connectivity index (χ3n) is 5.36. The van der Waals surface area contributed by atoms with Crippen molar-refractivity contribution >= 4 is 21.6 Å². The molecule has 1 amide bonds. The molecule has 27 heavy (non-hydrogen) atoms. The highest BCUT2D eigenvalue weighted by Crippen LogP contribution is 2.66. The van der Waals surface area contributed by atoms with E-state index in [1.54, 1.807) is 36.4 Å². The fourth-order valence-electron chi connectivity index (χ4n) is 4.09. The highest BCUT2D eigenvalue weighted by molar-refractivity contribution is 7.92. The van der Waals surface area contributed by atoms with E-state index < -0.39 is 10.0 Å². The van der Waals surface area contributed by atoms with Crippen LogP contribution in [-0.4, -0.2) is 19.9 Å². The Bertz CT molecular complexity index is 1050. The predicted octanol–water partition coefficient (Wildman–Crippen LogP) is 2.97. The molecule has 138 valence electrons. The second kappa shape index (κ2) is 5.83. The maximum atomic E-state index is 12.8. The standard InChI is InChI=1S/C20H19N3O3S/c1-14-7-8-16(18(24)22-20-10-19(11-20,12-20)13-21)17(9-14)23-27(25,26)15-5-3-2-4-6-15/h2-9,23H,10-12H2,1H3,(H,22,24). The van der Waals surface area contributed by atoms with E-state index in [4.69, 9.17) is 5.26 Å². The van der Waals surface area contributed by atoms with Gasteiger partial charge in [0.2, 0.25) is 0 Å². The number of carbonyl (C=O) groups is 1. The summed E-state index contributed by atoms with van der Waals surface area (Å²) in [5.74, 6) is -0.327. The fraction of sp³-hybridized carbons (Fsp3) is 0.300. The van der Waals surface area contributed by atoms with Crippen molar-refractivity contribution in [1.29, 1.82) is 5.26 Å². The summed E-state index contributed by atoms with van der Waals surface area (Å²) in [6.07, 6.45) is 2.00. The first kappa shape index (κ1) is 17.6. The van der Waals surface area contributed by atoms with Crippen LogP contribution in [0.3, 0.4) is 0 Å². The van der Waals surface area contributed by atoms with Crippen molar-refractivity contribution in [3.63, 3.8) is 0 Å². The number of hydrogen-bond acceptors (Lipinski definition) is 4. The number of nitrogens with zero attached hydrogens (tertiary/aromatic N) is 1. The average molecular weight is 381 g/mol. The molecular weight excluding hydrogens is 362 g/mol. The number of nitriles is 1. The summed E-state index contributed by atoms with van der Waals surface area (Å²) >= 11 is 0. The lowest BCUT2D eigenvalue weighted by Gasteiger charge is -2.66. The van der Waals surface area contributed by atoms with Gasteiger partial charge in [-0.25, -0.2) is 8.42 Å². The number of nitrogens with one attached hydrogen (secondary N) is 2. The normalized spacial score (nSPS) is 25.5. The Balaban J connectivity index is 1.58. The van der Waals surface area contributed by atoms with Crippen molar-refractivity contribution in [2.75, 3.05) is 4.72 Å². The second-order valence-corrected chi connectivity index (χ2v) is 9.31. The van der Waals surface area contributed by atoms with Crippen molar-refractivity contribution in [3.8, 4) is 6.07 Å². The summed E-state index contributed by atoms with van der Waals surface area (Å²) < 4.78 is 27.8. The molecule has 7 heteroatoms. The molecule has 6 nitrogen and oxygen atoms in total. The number of hydrogen-bond donors (Lipinski definition) is 2. The molecule has 3 saturated carbocycles. The van der Waals surface area contributed by atoms with Crippen LogP contribution in [0.25, 0.3) is 0 Å². The van der Waals surface area contributed by atoms with Gasteiger partial charge in [0.05, 0.1) is 27.6 Å². The maximum Gasteiger partial charge on any atom is 0.261 e. The predicted molar refractivity (Wildman–Crippen MR) is 101 cm³/mol. The van der Waals surface area contributed by atoms with E-state index in [2.05, 4.69) is 16.1 Å². The third-order valence-corrected chi connectivity index (χ3v) is 6.75. The molecule has 0 aromatic heterocycles. The molecule has 3 fully saturated rings. The average Bonchev–Trinajstić information content (AvgIpc) is 2.57. The van der Waals surface area contributed by atoms with Crippen LogP contribution in [0, 0.1) is 23.7 Å². The zero-order chi connectivity index (χ0) is 19.3. The summed E-state index contributed by atoms with van der Waals surface area (Å²) in [4.78, 5) is 12.9. The Kier molecular flexibility index (Phi) is 3.79. The second-order valence-electron chi connectivity index (χ2n) is 7.62. The number of aryl methyl sites for hydroxylation is 1. The van der Waals surface area contributed by atoms with Gasteiger partial charge in [0.1, 0.15) is 0 Å². The van der Waals surface area contributed by atoms with Crippen LogP contribution in [0.1, 0.15) is 35.2 Å². The Morgan fingerprint density at radius 1 is 1.11 bits per heavy atom. The largest absolute Gasteiger partial charge is 0.346 e. The first-order valence-corrected chi connectivity index (χ1v) is 10.2. The van der Waals surface area contributed by atoms with Crippen LogP contribution in [0.2, 0.25) is 0 Å². The monoisotopic (exact) mass is 381 g/mol. The van der Waals surface area contributed by atoms with E-state index in [1.165, 1.54) is 12.1 Å². The molecular formula is C20H19N3O3S. The topological polar surface area (TPSA) is 99.1 Å². The van der Waals surface area contributed by atoms with Gasteiger partial charge in [-0.2, -0.15) is 5.26 Å². The van der Waals surface area contributed by atoms with Crippen LogP contribution in [-0.2, 0) is 10.0 Å². The summed E-state index contributed by atoms with van der Waals surface area (Å²) in [5.41, 5.74) is 0.783. The van der Waals surface area contributed by atoms with Gasteiger partial charge in [0.15, 0.2) is 0 Å². The van der Waals surface area contributed by atoms with E-state index >= 15 is 0 Å². The fourth-order valence-corrected chi connectivity index (χ4v) is 5.18. The number of sulfonamides is 1. The summed E-state index contributed by atoms with van der Waals surface area (Å²) in [7, 11) is -3.80. The maximum absolute atomic E-state index is 12.8. The van der Waals surface area contributed by atoms with Gasteiger partial charge in [-0.3, -0.25) is 9.52 Å². The molecule has 0 unspecified atom stereocenters. The number of amides is 1. The molecule has 0 saturated heterocycles. The minimum absolute atomic E-state index is 0.133. The zero-order valence-corrected chi connectivity index (χ0v) is 15.6. The van der Waals surface area contributed by atoms with E-state index in [9.17, 15) is 13.2 Å². The lowest BCUT2D eigenvalue weighted by atomic mass is 9.40. The van der Waals surface area contributed by atoms with Gasteiger partial charge in [0.25, 0.3) is 15.9 Å². The van der Waals surface area contributed by atoms with Gasteiger partial charge in [-0.05, 0) is 56.0 Å². The molecule has 2 aromatic carbocycles. The highest BCUT2D eigenvalue weighted by atomic mass is 32.2. The number of benzene rings is 2. The first-order valence-electron chi connectivity index (χ1n) is 8.69.